The Morgan fingerprint density at radius 1 is 1.30 bits per heavy atom. The first kappa shape index (κ1) is 21.3. The SMILES string of the molecule is C=C[C@H]1C[N@+]2(CCCCCC)CC[C@H]1C[C@H]2[C@H](O)c1ccnc2ccc(OC)cc12. The largest absolute Gasteiger partial charge is 0.497 e. The van der Waals surface area contributed by atoms with Gasteiger partial charge in [0.2, 0.25) is 0 Å². The fourth-order valence-corrected chi connectivity index (χ4v) is 6.08. The summed E-state index contributed by atoms with van der Waals surface area (Å²) < 4.78 is 6.50. The first-order valence-corrected chi connectivity index (χ1v) is 11.7. The lowest BCUT2D eigenvalue weighted by Crippen LogP contribution is -2.68. The third-order valence-corrected chi connectivity index (χ3v) is 7.80. The molecule has 4 nitrogen and oxygen atoms in total. The van der Waals surface area contributed by atoms with Crippen molar-refractivity contribution in [3.63, 3.8) is 0 Å². The van der Waals surface area contributed by atoms with Gasteiger partial charge in [-0.05, 0) is 48.6 Å². The van der Waals surface area contributed by atoms with Gasteiger partial charge in [-0.3, -0.25) is 4.98 Å². The molecule has 0 aliphatic carbocycles. The highest BCUT2D eigenvalue weighted by Gasteiger charge is 2.53. The molecule has 2 bridgehead atoms. The quantitative estimate of drug-likeness (QED) is 0.349. The Hall–Kier alpha value is -1.91. The zero-order valence-electron chi connectivity index (χ0n) is 18.6. The second kappa shape index (κ2) is 9.07. The molecule has 1 aromatic carbocycles. The molecule has 1 aromatic heterocycles. The fourth-order valence-electron chi connectivity index (χ4n) is 6.08. The number of benzene rings is 1. The molecule has 5 rings (SSSR count). The number of methoxy groups -OCH3 is 1. The van der Waals surface area contributed by atoms with Crippen molar-refractivity contribution in [1.29, 1.82) is 0 Å². The highest BCUT2D eigenvalue weighted by atomic mass is 16.5. The molecule has 1 N–H and O–H groups in total. The second-order valence-electron chi connectivity index (χ2n) is 9.39. The van der Waals surface area contributed by atoms with Crippen LogP contribution in [-0.4, -0.2) is 47.4 Å². The Labute approximate surface area is 181 Å². The number of aromatic nitrogens is 1. The average molecular weight is 410 g/mol. The van der Waals surface area contributed by atoms with Crippen LogP contribution in [0.2, 0.25) is 0 Å². The Morgan fingerprint density at radius 2 is 2.17 bits per heavy atom. The van der Waals surface area contributed by atoms with E-state index in [0.717, 1.165) is 39.7 Å². The molecular formula is C26H37N2O2+. The van der Waals surface area contributed by atoms with Crippen LogP contribution in [0.4, 0.5) is 0 Å². The van der Waals surface area contributed by atoms with E-state index in [-0.39, 0.29) is 6.04 Å². The first-order chi connectivity index (χ1) is 14.6. The monoisotopic (exact) mass is 409 g/mol. The summed E-state index contributed by atoms with van der Waals surface area (Å²) in [5, 5.41) is 12.8. The Morgan fingerprint density at radius 3 is 2.93 bits per heavy atom. The molecular weight excluding hydrogens is 372 g/mol. The highest BCUT2D eigenvalue weighted by Crippen LogP contribution is 2.47. The van der Waals surface area contributed by atoms with E-state index in [1.54, 1.807) is 7.11 Å². The van der Waals surface area contributed by atoms with Crippen LogP contribution in [0, 0.1) is 11.8 Å². The van der Waals surface area contributed by atoms with Gasteiger partial charge in [0.05, 0.1) is 32.3 Å². The van der Waals surface area contributed by atoms with Crippen molar-refractivity contribution in [2.75, 3.05) is 26.7 Å². The summed E-state index contributed by atoms with van der Waals surface area (Å²) >= 11 is 0. The van der Waals surface area contributed by atoms with Gasteiger partial charge in [0.1, 0.15) is 17.9 Å². The van der Waals surface area contributed by atoms with E-state index >= 15 is 0 Å². The molecule has 3 aliphatic heterocycles. The molecule has 0 radical (unpaired) electrons. The van der Waals surface area contributed by atoms with Crippen LogP contribution in [0.5, 0.6) is 5.75 Å². The lowest BCUT2D eigenvalue weighted by molar-refractivity contribution is -0.973. The number of ether oxygens (including phenoxy) is 1. The van der Waals surface area contributed by atoms with E-state index in [0.29, 0.717) is 11.8 Å². The van der Waals surface area contributed by atoms with E-state index < -0.39 is 6.10 Å². The number of quaternary nitrogens is 1. The summed E-state index contributed by atoms with van der Waals surface area (Å²) in [5.41, 5.74) is 1.92. The minimum Gasteiger partial charge on any atom is -0.497 e. The smallest absolute Gasteiger partial charge is 0.131 e. The van der Waals surface area contributed by atoms with Gasteiger partial charge in [-0.2, -0.15) is 0 Å². The number of rotatable bonds is 9. The van der Waals surface area contributed by atoms with Gasteiger partial charge in [0.25, 0.3) is 0 Å². The van der Waals surface area contributed by atoms with Gasteiger partial charge < -0.3 is 14.3 Å². The van der Waals surface area contributed by atoms with Crippen molar-refractivity contribution in [3.05, 3.63) is 48.7 Å². The molecule has 0 amide bonds. The summed E-state index contributed by atoms with van der Waals surface area (Å²) in [4.78, 5) is 4.52. The van der Waals surface area contributed by atoms with Gasteiger partial charge in [-0.1, -0.05) is 25.8 Å². The maximum atomic E-state index is 11.7. The number of hydrogen-bond donors (Lipinski definition) is 1. The number of hydrogen-bond acceptors (Lipinski definition) is 3. The highest BCUT2D eigenvalue weighted by molar-refractivity contribution is 5.83. The number of pyridine rings is 1. The van der Waals surface area contributed by atoms with Gasteiger partial charge >= 0.3 is 0 Å². The number of piperidine rings is 3. The number of aliphatic hydroxyl groups excluding tert-OH is 1. The first-order valence-electron chi connectivity index (χ1n) is 11.7. The van der Waals surface area contributed by atoms with E-state index in [4.69, 9.17) is 4.74 Å². The molecule has 0 saturated carbocycles. The second-order valence-corrected chi connectivity index (χ2v) is 9.39. The molecule has 4 heterocycles. The van der Waals surface area contributed by atoms with E-state index in [2.05, 4.69) is 24.6 Å². The summed E-state index contributed by atoms with van der Waals surface area (Å²) in [7, 11) is 1.69. The third kappa shape index (κ3) is 3.88. The Balaban J connectivity index is 1.67. The standard InChI is InChI=1S/C26H37N2O2/c1-4-6-7-8-14-28-15-12-20(19(5-2)18-28)16-25(28)26(29)22-11-13-27-24-10-9-21(30-3)17-23(22)24/h5,9-11,13,17,19-20,25-26,29H,2,4,6-8,12,14-16,18H2,1,3H3/q+1/t19-,20-,25-,26+,28-/m0/s1. The summed E-state index contributed by atoms with van der Waals surface area (Å²) in [6.45, 7) is 9.90. The average Bonchev–Trinajstić information content (AvgIpc) is 2.80. The van der Waals surface area contributed by atoms with Crippen LogP contribution in [0.25, 0.3) is 10.9 Å². The molecule has 5 atom stereocenters. The Bertz CT molecular complexity index is 882. The number of fused-ring (bicyclic) bond motifs is 4. The van der Waals surface area contributed by atoms with Crippen LogP contribution in [0.3, 0.4) is 0 Å². The summed E-state index contributed by atoms with van der Waals surface area (Å²) in [5.74, 6) is 2.05. The lowest BCUT2D eigenvalue weighted by atomic mass is 9.71. The predicted molar refractivity (Wildman–Crippen MR) is 122 cm³/mol. The summed E-state index contributed by atoms with van der Waals surface area (Å²) in [6.07, 6.45) is 11.0. The summed E-state index contributed by atoms with van der Waals surface area (Å²) in [6, 6.07) is 8.21. The van der Waals surface area contributed by atoms with E-state index in [1.165, 1.54) is 45.2 Å². The molecule has 3 fully saturated rings. The van der Waals surface area contributed by atoms with Gasteiger partial charge in [-0.25, -0.2) is 0 Å². The fraction of sp³-hybridized carbons (Fsp3) is 0.577. The molecule has 0 unspecified atom stereocenters. The van der Waals surface area contributed by atoms with Crippen molar-refractivity contribution in [3.8, 4) is 5.75 Å². The van der Waals surface area contributed by atoms with Crippen LogP contribution in [-0.2, 0) is 0 Å². The van der Waals surface area contributed by atoms with Gasteiger partial charge in [-0.15, -0.1) is 6.58 Å². The predicted octanol–water partition coefficient (Wildman–Crippen LogP) is 5.27. The number of unbranched alkanes of at least 4 members (excludes halogenated alkanes) is 3. The van der Waals surface area contributed by atoms with Crippen molar-refractivity contribution >= 4 is 10.9 Å². The van der Waals surface area contributed by atoms with Crippen molar-refractivity contribution in [2.45, 2.75) is 57.6 Å². The maximum absolute atomic E-state index is 11.7. The van der Waals surface area contributed by atoms with Crippen LogP contribution in [0.1, 0.15) is 57.1 Å². The maximum Gasteiger partial charge on any atom is 0.131 e. The lowest BCUT2D eigenvalue weighted by Gasteiger charge is -2.58. The van der Waals surface area contributed by atoms with E-state index in [1.807, 2.05) is 30.5 Å². The molecule has 30 heavy (non-hydrogen) atoms. The van der Waals surface area contributed by atoms with Gasteiger partial charge in [0, 0.05) is 30.3 Å². The molecule has 2 aromatic rings. The minimum atomic E-state index is -0.484. The molecule has 0 spiro atoms. The zero-order valence-corrected chi connectivity index (χ0v) is 18.6. The van der Waals surface area contributed by atoms with Crippen molar-refractivity contribution < 1.29 is 14.3 Å². The van der Waals surface area contributed by atoms with E-state index in [9.17, 15) is 5.11 Å². The minimum absolute atomic E-state index is 0.248. The van der Waals surface area contributed by atoms with Crippen molar-refractivity contribution in [2.24, 2.45) is 11.8 Å². The third-order valence-electron chi connectivity index (χ3n) is 7.80. The van der Waals surface area contributed by atoms with Crippen molar-refractivity contribution in [1.82, 2.24) is 4.98 Å². The Kier molecular flexibility index (Phi) is 6.45. The number of nitrogens with zero attached hydrogens (tertiary/aromatic N) is 2. The van der Waals surface area contributed by atoms with Crippen LogP contribution < -0.4 is 4.74 Å². The molecule has 4 heteroatoms. The van der Waals surface area contributed by atoms with Gasteiger partial charge in [0.15, 0.2) is 0 Å². The topological polar surface area (TPSA) is 42.4 Å². The zero-order chi connectivity index (χ0) is 21.1. The molecule has 3 aliphatic rings. The number of aliphatic hydroxyl groups is 1. The molecule has 3 saturated heterocycles. The molecule has 162 valence electrons. The van der Waals surface area contributed by atoms with Crippen LogP contribution >= 0.6 is 0 Å². The normalized spacial score (nSPS) is 29.1. The van der Waals surface area contributed by atoms with Crippen LogP contribution in [0.15, 0.2) is 43.1 Å².